The van der Waals surface area contributed by atoms with Crippen LogP contribution >= 0.6 is 7.37 Å². The molecule has 12 nitrogen and oxygen atoms in total. The second-order valence-electron chi connectivity index (χ2n) is 12.7. The van der Waals surface area contributed by atoms with Crippen LogP contribution < -0.4 is 5.44 Å². The van der Waals surface area contributed by atoms with E-state index in [4.69, 9.17) is 23.7 Å². The first kappa shape index (κ1) is 36.5. The van der Waals surface area contributed by atoms with E-state index in [-0.39, 0.29) is 19.0 Å². The zero-order valence-corrected chi connectivity index (χ0v) is 28.3. The second-order valence-corrected chi connectivity index (χ2v) is 15.1. The van der Waals surface area contributed by atoms with Crippen LogP contribution in [0.4, 0.5) is 9.59 Å². The quantitative estimate of drug-likeness (QED) is 0.221. The van der Waals surface area contributed by atoms with Gasteiger partial charge in [0.1, 0.15) is 16.6 Å². The van der Waals surface area contributed by atoms with Crippen LogP contribution in [0.15, 0.2) is 12.1 Å². The molecule has 1 fully saturated rings. The Labute approximate surface area is 256 Å². The zero-order chi connectivity index (χ0) is 32.4. The van der Waals surface area contributed by atoms with Crippen LogP contribution in [0.2, 0.25) is 0 Å². The van der Waals surface area contributed by atoms with Gasteiger partial charge in [0.05, 0.1) is 19.4 Å². The first-order valence-electron chi connectivity index (χ1n) is 14.9. The molecule has 1 unspecified atom stereocenters. The molecule has 2 heterocycles. The van der Waals surface area contributed by atoms with Gasteiger partial charge in [0.2, 0.25) is 7.37 Å². The van der Waals surface area contributed by atoms with Crippen molar-refractivity contribution in [3.05, 3.63) is 23.4 Å². The van der Waals surface area contributed by atoms with Gasteiger partial charge in [-0.2, -0.15) is 0 Å². The molecule has 1 aliphatic heterocycles. The summed E-state index contributed by atoms with van der Waals surface area (Å²) < 4.78 is 35.0. The molecular weight excluding hydrogens is 575 g/mol. The van der Waals surface area contributed by atoms with Gasteiger partial charge < -0.3 is 28.5 Å². The van der Waals surface area contributed by atoms with E-state index in [0.717, 1.165) is 5.56 Å². The van der Waals surface area contributed by atoms with Crippen molar-refractivity contribution < 1.29 is 37.7 Å². The van der Waals surface area contributed by atoms with Gasteiger partial charge in [0, 0.05) is 58.9 Å². The van der Waals surface area contributed by atoms with Crippen LogP contribution in [0.25, 0.3) is 0 Å². The molecule has 2 amide bonds. The third kappa shape index (κ3) is 13.2. The summed E-state index contributed by atoms with van der Waals surface area (Å²) in [5.74, 6) is -0.286. The van der Waals surface area contributed by atoms with E-state index in [0.29, 0.717) is 69.8 Å². The number of aryl methyl sites for hydroxylation is 1. The van der Waals surface area contributed by atoms with Crippen LogP contribution in [0, 0.1) is 0 Å². The molecule has 244 valence electrons. The van der Waals surface area contributed by atoms with Gasteiger partial charge >= 0.3 is 18.2 Å². The highest BCUT2D eigenvalue weighted by Crippen LogP contribution is 2.40. The summed E-state index contributed by atoms with van der Waals surface area (Å²) in [7, 11) is -1.82. The minimum atomic E-state index is -3.18. The average molecular weight is 627 g/mol. The molecule has 2 rings (SSSR count). The minimum absolute atomic E-state index is 0.270. The molecule has 1 atom stereocenters. The zero-order valence-electron chi connectivity index (χ0n) is 27.4. The van der Waals surface area contributed by atoms with E-state index in [1.54, 1.807) is 29.5 Å². The van der Waals surface area contributed by atoms with Crippen LogP contribution in [-0.4, -0.2) is 109 Å². The predicted molar refractivity (Wildman–Crippen MR) is 165 cm³/mol. The van der Waals surface area contributed by atoms with Crippen molar-refractivity contribution in [3.63, 3.8) is 0 Å². The molecule has 1 aromatic rings. The number of pyridine rings is 1. The number of amides is 2. The van der Waals surface area contributed by atoms with E-state index in [9.17, 15) is 18.9 Å². The lowest BCUT2D eigenvalue weighted by atomic mass is 10.1. The lowest BCUT2D eigenvalue weighted by Crippen LogP contribution is -2.44. The molecule has 0 spiro atoms. The highest BCUT2D eigenvalue weighted by atomic mass is 31.2. The minimum Gasteiger partial charge on any atom is -0.469 e. The third-order valence-corrected chi connectivity index (χ3v) is 8.30. The molecule has 1 aromatic heterocycles. The van der Waals surface area contributed by atoms with Crippen LogP contribution in [-0.2, 0) is 41.1 Å². The van der Waals surface area contributed by atoms with E-state index in [1.165, 1.54) is 7.11 Å². The lowest BCUT2D eigenvalue weighted by Gasteiger charge is -2.30. The standard InChI is InChI=1S/C30H51N4O8P/c1-10-40-43(9,38)25-21-23(12-11-13-26(35)39-8)20-24(31-25)22-32-14-16-33(27(36)41-29(2,3)4)18-19-34(17-15-32)28(37)42-30(5,6)7/h20-21H,10-19,22H2,1-9H3. The highest BCUT2D eigenvalue weighted by Gasteiger charge is 2.29. The fraction of sp³-hybridized carbons (Fsp3) is 0.733. The summed E-state index contributed by atoms with van der Waals surface area (Å²) in [6, 6.07) is 3.72. The van der Waals surface area contributed by atoms with Gasteiger partial charge in [-0.1, -0.05) is 0 Å². The monoisotopic (exact) mass is 626 g/mol. The molecule has 0 radical (unpaired) electrons. The van der Waals surface area contributed by atoms with Crippen LogP contribution in [0.5, 0.6) is 0 Å². The molecule has 0 bridgehead atoms. The summed E-state index contributed by atoms with van der Waals surface area (Å²) in [5, 5.41) is 0. The fourth-order valence-electron chi connectivity index (χ4n) is 4.42. The molecule has 13 heteroatoms. The summed E-state index contributed by atoms with van der Waals surface area (Å²) >= 11 is 0. The van der Waals surface area contributed by atoms with Crippen LogP contribution in [0.1, 0.15) is 72.6 Å². The molecular formula is C30H51N4O8P. The number of hydrogen-bond acceptors (Lipinski definition) is 10. The second kappa shape index (κ2) is 15.9. The Bertz CT molecular complexity index is 1110. The molecule has 0 saturated carbocycles. The van der Waals surface area contributed by atoms with E-state index < -0.39 is 30.8 Å². The topological polar surface area (TPSA) is 128 Å². The van der Waals surface area contributed by atoms with Crippen molar-refractivity contribution in [2.45, 2.75) is 85.5 Å². The van der Waals surface area contributed by atoms with Gasteiger partial charge in [-0.3, -0.25) is 14.3 Å². The molecule has 0 aromatic carbocycles. The normalized spacial score (nSPS) is 16.9. The first-order chi connectivity index (χ1) is 19.9. The number of carbonyl (C=O) groups is 3. The van der Waals surface area contributed by atoms with E-state index in [2.05, 4.69) is 4.90 Å². The Morgan fingerprint density at radius 3 is 1.86 bits per heavy atom. The van der Waals surface area contributed by atoms with Crippen molar-refractivity contribution in [2.75, 3.05) is 59.7 Å². The largest absolute Gasteiger partial charge is 0.469 e. The van der Waals surface area contributed by atoms with Crippen LogP contribution in [0.3, 0.4) is 0 Å². The number of esters is 1. The molecule has 0 N–H and O–H groups in total. The molecule has 43 heavy (non-hydrogen) atoms. The molecule has 1 saturated heterocycles. The summed E-state index contributed by atoms with van der Waals surface area (Å²) in [4.78, 5) is 47.8. The SMILES string of the molecule is CCOP(C)(=O)c1cc(CCCC(=O)OC)cc(CN2CCN(C(=O)OC(C)(C)C)CCN(C(=O)OC(C)(C)C)CC2)n1. The molecule has 0 aliphatic carbocycles. The number of ether oxygens (including phenoxy) is 3. The van der Waals surface area contributed by atoms with Crippen molar-refractivity contribution in [2.24, 2.45) is 0 Å². The van der Waals surface area contributed by atoms with E-state index in [1.807, 2.05) is 47.6 Å². The molecule has 1 aliphatic rings. The Kier molecular flexibility index (Phi) is 13.5. The highest BCUT2D eigenvalue weighted by molar-refractivity contribution is 7.65. The Hall–Kier alpha value is -2.69. The third-order valence-electron chi connectivity index (χ3n) is 6.49. The smallest absolute Gasteiger partial charge is 0.410 e. The van der Waals surface area contributed by atoms with Gasteiger partial charge in [-0.05, 0) is 79.0 Å². The average Bonchev–Trinajstić information content (AvgIpc) is 2.97. The summed E-state index contributed by atoms with van der Waals surface area (Å²) in [6.45, 7) is 17.3. The number of hydrogen-bond donors (Lipinski definition) is 0. The number of aromatic nitrogens is 1. The summed E-state index contributed by atoms with van der Waals surface area (Å²) in [6.07, 6.45) is 0.511. The Balaban J connectivity index is 2.36. The van der Waals surface area contributed by atoms with Crippen molar-refractivity contribution in [3.8, 4) is 0 Å². The predicted octanol–water partition coefficient (Wildman–Crippen LogP) is 4.44. The maximum absolute atomic E-state index is 13.4. The fourth-order valence-corrected chi connectivity index (χ4v) is 5.76. The Morgan fingerprint density at radius 2 is 1.40 bits per heavy atom. The maximum atomic E-state index is 13.4. The van der Waals surface area contributed by atoms with E-state index >= 15 is 0 Å². The number of carbonyl (C=O) groups excluding carboxylic acids is 3. The van der Waals surface area contributed by atoms with Crippen molar-refractivity contribution in [1.82, 2.24) is 19.7 Å². The van der Waals surface area contributed by atoms with Gasteiger partial charge in [0.25, 0.3) is 0 Å². The number of methoxy groups -OCH3 is 1. The summed E-state index contributed by atoms with van der Waals surface area (Å²) in [5.41, 5.74) is 0.613. The maximum Gasteiger partial charge on any atom is 0.410 e. The van der Waals surface area contributed by atoms with Gasteiger partial charge in [0.15, 0.2) is 0 Å². The number of nitrogens with zero attached hydrogens (tertiary/aromatic N) is 4. The van der Waals surface area contributed by atoms with Crippen molar-refractivity contribution in [1.29, 1.82) is 0 Å². The van der Waals surface area contributed by atoms with Gasteiger partial charge in [-0.25, -0.2) is 14.6 Å². The van der Waals surface area contributed by atoms with Gasteiger partial charge in [-0.15, -0.1) is 0 Å². The Morgan fingerprint density at radius 1 is 0.884 bits per heavy atom. The lowest BCUT2D eigenvalue weighted by molar-refractivity contribution is -0.140. The number of rotatable bonds is 9. The van der Waals surface area contributed by atoms with Crippen molar-refractivity contribution >= 4 is 31.0 Å². The first-order valence-corrected chi connectivity index (χ1v) is 17.0.